The molecule has 47 heavy (non-hydrogen) atoms. The number of hydrogen-bond acceptors (Lipinski definition) is 10. The van der Waals surface area contributed by atoms with Crippen LogP contribution < -0.4 is 16.2 Å². The van der Waals surface area contributed by atoms with Gasteiger partial charge in [-0.05, 0) is 48.1 Å². The number of halogens is 1. The smallest absolute Gasteiger partial charge is 0.408 e. The van der Waals surface area contributed by atoms with Crippen molar-refractivity contribution in [3.63, 3.8) is 0 Å². The fourth-order valence-corrected chi connectivity index (χ4v) is 5.37. The van der Waals surface area contributed by atoms with Gasteiger partial charge in [0.15, 0.2) is 5.16 Å². The van der Waals surface area contributed by atoms with E-state index in [-0.39, 0.29) is 37.7 Å². The van der Waals surface area contributed by atoms with Crippen LogP contribution in [0.5, 0.6) is 0 Å². The minimum atomic E-state index is -0.902. The van der Waals surface area contributed by atoms with Crippen molar-refractivity contribution in [3.05, 3.63) is 118 Å². The summed E-state index contributed by atoms with van der Waals surface area (Å²) in [6.07, 6.45) is 7.03. The van der Waals surface area contributed by atoms with E-state index in [0.717, 1.165) is 16.7 Å². The number of rotatable bonds is 16. The first kappa shape index (κ1) is 34.8. The van der Waals surface area contributed by atoms with Crippen molar-refractivity contribution >= 4 is 29.7 Å². The second kappa shape index (κ2) is 18.1. The molecule has 246 valence electrons. The van der Waals surface area contributed by atoms with E-state index in [2.05, 4.69) is 25.6 Å². The Morgan fingerprint density at radius 2 is 1.72 bits per heavy atom. The average Bonchev–Trinajstić information content (AvgIpc) is 3.08. The number of benzene rings is 2. The Kier molecular flexibility index (Phi) is 13.4. The zero-order valence-corrected chi connectivity index (χ0v) is 26.6. The van der Waals surface area contributed by atoms with Gasteiger partial charge < -0.3 is 24.7 Å². The molecule has 0 saturated heterocycles. The quantitative estimate of drug-likeness (QED) is 0.0784. The third-order valence-electron chi connectivity index (χ3n) is 6.87. The predicted octanol–water partition coefficient (Wildman–Crippen LogP) is 3.81. The van der Waals surface area contributed by atoms with Gasteiger partial charge in [0, 0.05) is 42.9 Å². The van der Waals surface area contributed by atoms with Crippen molar-refractivity contribution in [1.29, 1.82) is 0 Å². The number of aromatic nitrogens is 4. The highest BCUT2D eigenvalue weighted by Gasteiger charge is 2.22. The maximum Gasteiger partial charge on any atom is 0.408 e. The Labute approximate surface area is 275 Å². The molecule has 4 rings (SSSR count). The minimum Gasteiger partial charge on any atom is -0.467 e. The van der Waals surface area contributed by atoms with Gasteiger partial charge in [0.25, 0.3) is 5.56 Å². The number of hydrogen-bond donors (Lipinski definition) is 2. The number of esters is 1. The lowest BCUT2D eigenvalue weighted by atomic mass is 10.1. The number of amides is 2. The Bertz CT molecular complexity index is 1680. The van der Waals surface area contributed by atoms with E-state index in [4.69, 9.17) is 9.47 Å². The summed E-state index contributed by atoms with van der Waals surface area (Å²) in [7, 11) is 1.24. The molecule has 2 amide bonds. The van der Waals surface area contributed by atoms with Gasteiger partial charge >= 0.3 is 12.1 Å². The van der Waals surface area contributed by atoms with Crippen LogP contribution in [0.25, 0.3) is 0 Å². The number of unbranched alkanes of at least 4 members (excludes halogenated alkanes) is 1. The van der Waals surface area contributed by atoms with Crippen molar-refractivity contribution < 1.29 is 28.2 Å². The van der Waals surface area contributed by atoms with Crippen molar-refractivity contribution in [1.82, 2.24) is 30.2 Å². The first-order valence-corrected chi connectivity index (χ1v) is 15.8. The molecule has 0 aliphatic heterocycles. The number of thioether (sulfide) groups is 1. The molecule has 1 atom stereocenters. The van der Waals surface area contributed by atoms with Crippen molar-refractivity contribution in [2.45, 2.75) is 55.8 Å². The maximum atomic E-state index is 13.3. The number of ether oxygens (including phenoxy) is 2. The number of carbonyl (C=O) groups is 3. The van der Waals surface area contributed by atoms with E-state index in [9.17, 15) is 23.6 Å². The fraction of sp³-hybridized carbons (Fsp3) is 0.303. The summed E-state index contributed by atoms with van der Waals surface area (Å²) in [4.78, 5) is 62.6. The van der Waals surface area contributed by atoms with Crippen molar-refractivity contribution in [3.8, 4) is 0 Å². The molecule has 2 heterocycles. The van der Waals surface area contributed by atoms with Crippen LogP contribution in [-0.4, -0.2) is 57.2 Å². The van der Waals surface area contributed by atoms with E-state index >= 15 is 0 Å². The molecule has 2 aromatic carbocycles. The molecule has 0 fully saturated rings. The largest absolute Gasteiger partial charge is 0.467 e. The normalized spacial score (nSPS) is 11.4. The Morgan fingerprint density at radius 3 is 2.45 bits per heavy atom. The topological polar surface area (TPSA) is 154 Å². The highest BCUT2D eigenvalue weighted by Crippen LogP contribution is 2.21. The molecular formula is C33H35FN6O6S. The molecule has 0 aliphatic rings. The van der Waals surface area contributed by atoms with Gasteiger partial charge in [-0.15, -0.1) is 0 Å². The van der Waals surface area contributed by atoms with Gasteiger partial charge in [-0.25, -0.2) is 23.9 Å². The summed E-state index contributed by atoms with van der Waals surface area (Å²) in [6, 6.07) is 14.3. The molecule has 14 heteroatoms. The lowest BCUT2D eigenvalue weighted by molar-refractivity contribution is -0.143. The highest BCUT2D eigenvalue weighted by atomic mass is 32.2. The molecular weight excluding hydrogens is 627 g/mol. The van der Waals surface area contributed by atoms with Gasteiger partial charge in [-0.2, -0.15) is 4.98 Å². The monoisotopic (exact) mass is 662 g/mol. The molecule has 0 bridgehead atoms. The van der Waals surface area contributed by atoms with E-state index in [1.807, 2.05) is 30.3 Å². The summed E-state index contributed by atoms with van der Waals surface area (Å²) in [6.45, 7) is 0.272. The lowest BCUT2D eigenvalue weighted by Gasteiger charge is -2.17. The van der Waals surface area contributed by atoms with Crippen LogP contribution in [0.2, 0.25) is 0 Å². The maximum absolute atomic E-state index is 13.3. The van der Waals surface area contributed by atoms with Crippen LogP contribution in [0.4, 0.5) is 9.18 Å². The predicted molar refractivity (Wildman–Crippen MR) is 172 cm³/mol. The van der Waals surface area contributed by atoms with E-state index < -0.39 is 23.7 Å². The third-order valence-corrected chi connectivity index (χ3v) is 7.93. The van der Waals surface area contributed by atoms with Crippen LogP contribution in [0.15, 0.2) is 89.5 Å². The second-order valence-electron chi connectivity index (χ2n) is 10.4. The minimum absolute atomic E-state index is 0.0618. The number of alkyl carbamates (subject to hydrolysis) is 1. The fourth-order valence-electron chi connectivity index (χ4n) is 4.45. The molecule has 4 aromatic rings. The highest BCUT2D eigenvalue weighted by molar-refractivity contribution is 7.98. The van der Waals surface area contributed by atoms with Crippen molar-refractivity contribution in [2.24, 2.45) is 0 Å². The molecule has 0 aliphatic carbocycles. The van der Waals surface area contributed by atoms with Crippen LogP contribution >= 0.6 is 11.8 Å². The number of nitrogens with zero attached hydrogens (tertiary/aromatic N) is 4. The second-order valence-corrected chi connectivity index (χ2v) is 11.4. The lowest BCUT2D eigenvalue weighted by Crippen LogP contribution is -2.41. The van der Waals surface area contributed by atoms with Crippen molar-refractivity contribution in [2.75, 3.05) is 13.7 Å². The summed E-state index contributed by atoms with van der Waals surface area (Å²) in [5.74, 6) is -0.839. The standard InChI is InChI=1S/C33H35FN6O6S/c1-45-31(43)28(38-33(44)46-20-23-7-3-2-4-8-23)9-5-6-14-37-29(41)19-40-18-26(15-25-16-35-22-36-17-25)30(42)39-32(40)47-21-24-10-12-27(34)13-11-24/h2-4,7-8,10-13,16-18,22,28H,5-6,9,14-15,19-21H2,1H3,(H,37,41)(H,38,44)/t28-/m1/s1. The summed E-state index contributed by atoms with van der Waals surface area (Å²) >= 11 is 1.26. The van der Waals surface area contributed by atoms with Crippen LogP contribution in [0, 0.1) is 5.82 Å². The Hall–Kier alpha value is -5.11. The Balaban J connectivity index is 1.31. The number of methoxy groups -OCH3 is 1. The summed E-state index contributed by atoms with van der Waals surface area (Å²) in [5, 5.41) is 5.74. The van der Waals surface area contributed by atoms with Gasteiger partial charge in [0.05, 0.1) is 7.11 Å². The van der Waals surface area contributed by atoms with Crippen LogP contribution in [0.1, 0.15) is 41.5 Å². The molecule has 12 nitrogen and oxygen atoms in total. The van der Waals surface area contributed by atoms with Gasteiger partial charge in [0.2, 0.25) is 5.91 Å². The first-order valence-electron chi connectivity index (χ1n) is 14.8. The van der Waals surface area contributed by atoms with Gasteiger partial charge in [0.1, 0.15) is 31.3 Å². The zero-order valence-electron chi connectivity index (χ0n) is 25.8. The number of nitrogens with one attached hydrogen (secondary N) is 2. The van der Waals surface area contributed by atoms with Gasteiger partial charge in [-0.3, -0.25) is 9.59 Å². The SMILES string of the molecule is COC(=O)[C@@H](CCCCNC(=O)Cn1cc(Cc2cncnc2)c(=O)nc1SCc1ccc(F)cc1)NC(=O)OCc1ccccc1. The van der Waals surface area contributed by atoms with Gasteiger partial charge in [-0.1, -0.05) is 54.2 Å². The molecule has 0 saturated carbocycles. The van der Waals surface area contributed by atoms with Crippen LogP contribution in [0.3, 0.4) is 0 Å². The third kappa shape index (κ3) is 11.6. The molecule has 0 radical (unpaired) electrons. The average molecular weight is 663 g/mol. The van der Waals surface area contributed by atoms with E-state index in [1.165, 1.54) is 37.3 Å². The first-order chi connectivity index (χ1) is 22.8. The summed E-state index contributed by atoms with van der Waals surface area (Å²) in [5.41, 5.74) is 2.31. The number of carbonyl (C=O) groups excluding carboxylic acids is 3. The molecule has 2 N–H and O–H groups in total. The van der Waals surface area contributed by atoms with E-state index in [0.29, 0.717) is 35.9 Å². The zero-order chi connectivity index (χ0) is 33.4. The summed E-state index contributed by atoms with van der Waals surface area (Å²) < 4.78 is 25.0. The molecule has 0 unspecified atom stereocenters. The Morgan fingerprint density at radius 1 is 0.979 bits per heavy atom. The molecule has 0 spiro atoms. The van der Waals surface area contributed by atoms with E-state index in [1.54, 1.807) is 35.3 Å². The molecule has 2 aromatic heterocycles. The van der Waals surface area contributed by atoms with Crippen LogP contribution in [-0.2, 0) is 44.4 Å².